The summed E-state index contributed by atoms with van der Waals surface area (Å²) in [6.45, 7) is 11.8. The van der Waals surface area contributed by atoms with Crippen LogP contribution in [0.4, 0.5) is 0 Å². The molecule has 21 heavy (non-hydrogen) atoms. The molecule has 0 aromatic heterocycles. The van der Waals surface area contributed by atoms with E-state index in [0.29, 0.717) is 24.7 Å². The third-order valence-corrected chi connectivity index (χ3v) is 5.19. The molecular formula is C18H33NO2. The SMILES string of the molecule is CCCCCC(=O)C1CCCN(C(=O)C(C)(C)C(C)C)C1. The van der Waals surface area contributed by atoms with Crippen molar-refractivity contribution in [2.24, 2.45) is 17.3 Å². The van der Waals surface area contributed by atoms with E-state index in [-0.39, 0.29) is 17.2 Å². The van der Waals surface area contributed by atoms with Crippen molar-refractivity contribution in [2.45, 2.75) is 73.1 Å². The van der Waals surface area contributed by atoms with E-state index >= 15 is 0 Å². The van der Waals surface area contributed by atoms with Crippen molar-refractivity contribution < 1.29 is 9.59 Å². The molecule has 1 saturated heterocycles. The fourth-order valence-corrected chi connectivity index (χ4v) is 2.83. The second-order valence-electron chi connectivity index (χ2n) is 7.39. The molecule has 0 N–H and O–H groups in total. The van der Waals surface area contributed by atoms with Crippen LogP contribution in [0, 0.1) is 17.3 Å². The zero-order chi connectivity index (χ0) is 16.0. The van der Waals surface area contributed by atoms with E-state index in [1.165, 1.54) is 0 Å². The van der Waals surface area contributed by atoms with Gasteiger partial charge in [0, 0.05) is 30.8 Å². The third-order valence-electron chi connectivity index (χ3n) is 5.19. The standard InChI is InChI=1S/C18H33NO2/c1-6-7-8-11-16(20)15-10-9-12-19(13-15)17(21)18(4,5)14(2)3/h14-15H,6-13H2,1-5H3. The normalized spacial score (nSPS) is 19.9. The third kappa shape index (κ3) is 4.82. The Bertz CT molecular complexity index is 360. The van der Waals surface area contributed by atoms with Crippen molar-refractivity contribution in [3.63, 3.8) is 0 Å². The number of rotatable bonds is 7. The van der Waals surface area contributed by atoms with Gasteiger partial charge in [0.25, 0.3) is 0 Å². The summed E-state index contributed by atoms with van der Waals surface area (Å²) in [5, 5.41) is 0. The highest BCUT2D eigenvalue weighted by molar-refractivity contribution is 5.85. The molecule has 3 nitrogen and oxygen atoms in total. The molecule has 122 valence electrons. The maximum Gasteiger partial charge on any atom is 0.228 e. The van der Waals surface area contributed by atoms with Crippen LogP contribution >= 0.6 is 0 Å². The molecule has 1 amide bonds. The predicted molar refractivity (Wildman–Crippen MR) is 87.1 cm³/mol. The average Bonchev–Trinajstić information content (AvgIpc) is 2.46. The highest BCUT2D eigenvalue weighted by Crippen LogP contribution is 2.31. The minimum atomic E-state index is -0.340. The number of unbranched alkanes of at least 4 members (excludes halogenated alkanes) is 2. The molecular weight excluding hydrogens is 262 g/mol. The summed E-state index contributed by atoms with van der Waals surface area (Å²) >= 11 is 0. The van der Waals surface area contributed by atoms with Crippen molar-refractivity contribution >= 4 is 11.7 Å². The number of likely N-dealkylation sites (tertiary alicyclic amines) is 1. The van der Waals surface area contributed by atoms with Crippen LogP contribution in [0.25, 0.3) is 0 Å². The van der Waals surface area contributed by atoms with E-state index in [9.17, 15) is 9.59 Å². The molecule has 0 aromatic rings. The minimum Gasteiger partial charge on any atom is -0.342 e. The zero-order valence-electron chi connectivity index (χ0n) is 14.6. The van der Waals surface area contributed by atoms with Crippen LogP contribution in [-0.2, 0) is 9.59 Å². The first kappa shape index (κ1) is 18.2. The van der Waals surface area contributed by atoms with Gasteiger partial charge < -0.3 is 4.90 Å². The Kier molecular flexibility index (Phi) is 6.89. The minimum absolute atomic E-state index is 0.0718. The largest absolute Gasteiger partial charge is 0.342 e. The maximum atomic E-state index is 12.7. The summed E-state index contributed by atoms with van der Waals surface area (Å²) in [4.78, 5) is 26.9. The molecule has 0 spiro atoms. The number of hydrogen-bond donors (Lipinski definition) is 0. The summed E-state index contributed by atoms with van der Waals surface area (Å²) in [5.74, 6) is 0.958. The predicted octanol–water partition coefficient (Wildman–Crippen LogP) is 4.06. The number of amides is 1. The lowest BCUT2D eigenvalue weighted by molar-refractivity contribution is -0.145. The Hall–Kier alpha value is -0.860. The zero-order valence-corrected chi connectivity index (χ0v) is 14.6. The number of hydrogen-bond acceptors (Lipinski definition) is 2. The number of carbonyl (C=O) groups excluding carboxylic acids is 2. The first-order valence-corrected chi connectivity index (χ1v) is 8.62. The van der Waals surface area contributed by atoms with Gasteiger partial charge in [-0.25, -0.2) is 0 Å². The quantitative estimate of drug-likeness (QED) is 0.664. The lowest BCUT2D eigenvalue weighted by Gasteiger charge is -2.39. The van der Waals surface area contributed by atoms with Crippen molar-refractivity contribution in [3.05, 3.63) is 0 Å². The Morgan fingerprint density at radius 3 is 2.48 bits per heavy atom. The summed E-state index contributed by atoms with van der Waals surface area (Å²) in [6.07, 6.45) is 5.87. The van der Waals surface area contributed by atoms with Crippen LogP contribution in [0.5, 0.6) is 0 Å². The van der Waals surface area contributed by atoms with E-state index in [0.717, 1.165) is 38.6 Å². The van der Waals surface area contributed by atoms with Gasteiger partial charge in [0.2, 0.25) is 5.91 Å². The van der Waals surface area contributed by atoms with Gasteiger partial charge in [0.15, 0.2) is 0 Å². The van der Waals surface area contributed by atoms with Crippen LogP contribution in [0.3, 0.4) is 0 Å². The summed E-state index contributed by atoms with van der Waals surface area (Å²) in [6, 6.07) is 0. The molecule has 0 radical (unpaired) electrons. The van der Waals surface area contributed by atoms with Crippen LogP contribution in [0.15, 0.2) is 0 Å². The summed E-state index contributed by atoms with van der Waals surface area (Å²) in [5.41, 5.74) is -0.340. The van der Waals surface area contributed by atoms with Gasteiger partial charge in [-0.05, 0) is 25.2 Å². The molecule has 1 unspecified atom stereocenters. The number of piperidine rings is 1. The van der Waals surface area contributed by atoms with Crippen LogP contribution in [0.2, 0.25) is 0 Å². The first-order chi connectivity index (χ1) is 9.80. The molecule has 1 fully saturated rings. The Morgan fingerprint density at radius 2 is 1.90 bits per heavy atom. The van der Waals surface area contributed by atoms with E-state index in [4.69, 9.17) is 0 Å². The molecule has 0 aromatic carbocycles. The van der Waals surface area contributed by atoms with Gasteiger partial charge in [-0.2, -0.15) is 0 Å². The molecule has 0 saturated carbocycles. The molecule has 0 aliphatic carbocycles. The number of Topliss-reactive ketones (excluding diaryl/α,β-unsaturated/α-hetero) is 1. The second-order valence-corrected chi connectivity index (χ2v) is 7.39. The van der Waals surface area contributed by atoms with E-state index in [2.05, 4.69) is 20.8 Å². The summed E-state index contributed by atoms with van der Waals surface area (Å²) in [7, 11) is 0. The van der Waals surface area contributed by atoms with Gasteiger partial charge in [-0.15, -0.1) is 0 Å². The first-order valence-electron chi connectivity index (χ1n) is 8.62. The van der Waals surface area contributed by atoms with Gasteiger partial charge in [0.1, 0.15) is 5.78 Å². The van der Waals surface area contributed by atoms with Crippen LogP contribution < -0.4 is 0 Å². The molecule has 0 bridgehead atoms. The maximum absolute atomic E-state index is 12.7. The van der Waals surface area contributed by atoms with E-state index in [1.807, 2.05) is 18.7 Å². The van der Waals surface area contributed by atoms with Gasteiger partial charge in [-0.3, -0.25) is 9.59 Å². The van der Waals surface area contributed by atoms with Crippen molar-refractivity contribution in [2.75, 3.05) is 13.1 Å². The number of carbonyl (C=O) groups is 2. The number of nitrogens with zero attached hydrogens (tertiary/aromatic N) is 1. The topological polar surface area (TPSA) is 37.4 Å². The van der Waals surface area contributed by atoms with Crippen LogP contribution in [0.1, 0.15) is 73.1 Å². The van der Waals surface area contributed by atoms with Crippen LogP contribution in [-0.4, -0.2) is 29.7 Å². The smallest absolute Gasteiger partial charge is 0.228 e. The number of ketones is 1. The monoisotopic (exact) mass is 295 g/mol. The average molecular weight is 295 g/mol. The molecule has 1 rings (SSSR count). The molecule has 3 heteroatoms. The lowest BCUT2D eigenvalue weighted by atomic mass is 9.79. The lowest BCUT2D eigenvalue weighted by Crippen LogP contribution is -2.49. The van der Waals surface area contributed by atoms with Crippen molar-refractivity contribution in [1.82, 2.24) is 4.90 Å². The van der Waals surface area contributed by atoms with Crippen molar-refractivity contribution in [3.8, 4) is 0 Å². The highest BCUT2D eigenvalue weighted by atomic mass is 16.2. The fraction of sp³-hybridized carbons (Fsp3) is 0.889. The second kappa shape index (κ2) is 7.95. The van der Waals surface area contributed by atoms with Gasteiger partial charge in [0.05, 0.1) is 0 Å². The Labute approximate surface area is 130 Å². The van der Waals surface area contributed by atoms with E-state index in [1.54, 1.807) is 0 Å². The molecule has 1 heterocycles. The molecule has 1 atom stereocenters. The Balaban J connectivity index is 2.59. The van der Waals surface area contributed by atoms with E-state index < -0.39 is 0 Å². The summed E-state index contributed by atoms with van der Waals surface area (Å²) < 4.78 is 0. The highest BCUT2D eigenvalue weighted by Gasteiger charge is 2.37. The molecule has 1 aliphatic rings. The van der Waals surface area contributed by atoms with Crippen molar-refractivity contribution in [1.29, 1.82) is 0 Å². The van der Waals surface area contributed by atoms with Gasteiger partial charge >= 0.3 is 0 Å². The Morgan fingerprint density at radius 1 is 1.24 bits per heavy atom. The molecule has 1 aliphatic heterocycles. The van der Waals surface area contributed by atoms with Gasteiger partial charge in [-0.1, -0.05) is 47.5 Å². The fourth-order valence-electron chi connectivity index (χ4n) is 2.83.